The van der Waals surface area contributed by atoms with E-state index < -0.39 is 16.5 Å². The van der Waals surface area contributed by atoms with Gasteiger partial charge in [-0.25, -0.2) is 8.42 Å². The van der Waals surface area contributed by atoms with Gasteiger partial charge in [0.2, 0.25) is 10.4 Å². The Morgan fingerprint density at radius 3 is 1.44 bits per heavy atom. The van der Waals surface area contributed by atoms with Crippen LogP contribution in [0.3, 0.4) is 0 Å². The molecule has 0 amide bonds. The molecule has 2 aromatic carbocycles. The van der Waals surface area contributed by atoms with E-state index in [1.54, 1.807) is 12.1 Å². The summed E-state index contributed by atoms with van der Waals surface area (Å²) in [6, 6.07) is 17.0. The third-order valence-electron chi connectivity index (χ3n) is 6.69. The Labute approximate surface area is 221 Å². The van der Waals surface area contributed by atoms with Crippen LogP contribution in [0.4, 0.5) is 0 Å². The maximum Gasteiger partial charge on any atom is 0.218 e. The Hall–Kier alpha value is -1.73. The fourth-order valence-electron chi connectivity index (χ4n) is 4.45. The first-order valence-corrected chi connectivity index (χ1v) is 15.2. The summed E-state index contributed by atoms with van der Waals surface area (Å²) in [5.41, 5.74) is 2.72. The van der Waals surface area contributed by atoms with Crippen LogP contribution in [0.1, 0.15) is 97.7 Å². The van der Waals surface area contributed by atoms with Crippen molar-refractivity contribution in [2.75, 3.05) is 26.2 Å². The van der Waals surface area contributed by atoms with Crippen LogP contribution in [-0.4, -0.2) is 43.6 Å². The minimum atomic E-state index is -4.68. The SMILES string of the molecule is CC(OS(=O)(=O)[O-])c1ccc(-c2ccccc2)cc1.CCCC[N+](CCCC)(CCCC)CCCC. The number of benzene rings is 2. The molecule has 0 bridgehead atoms. The molecule has 0 saturated carbocycles. The highest BCUT2D eigenvalue weighted by Gasteiger charge is 2.24. The van der Waals surface area contributed by atoms with Crippen LogP contribution in [0.5, 0.6) is 0 Å². The third-order valence-corrected chi connectivity index (χ3v) is 7.22. The molecule has 2 aromatic rings. The van der Waals surface area contributed by atoms with E-state index in [-0.39, 0.29) is 0 Å². The van der Waals surface area contributed by atoms with Crippen molar-refractivity contribution in [1.29, 1.82) is 0 Å². The number of nitrogens with zero attached hydrogens (tertiary/aromatic N) is 1. The molecule has 0 radical (unpaired) electrons. The molecular weight excluding hydrogens is 470 g/mol. The van der Waals surface area contributed by atoms with Crippen LogP contribution in [-0.2, 0) is 14.6 Å². The van der Waals surface area contributed by atoms with E-state index in [1.165, 1.54) is 89.0 Å². The first-order chi connectivity index (χ1) is 17.2. The average molecular weight is 520 g/mol. The molecule has 0 N–H and O–H groups in total. The Bertz CT molecular complexity index is 876. The lowest BCUT2D eigenvalue weighted by molar-refractivity contribution is -0.929. The van der Waals surface area contributed by atoms with E-state index in [1.807, 2.05) is 42.5 Å². The summed E-state index contributed by atoms with van der Waals surface area (Å²) in [6.07, 6.45) is 10.3. The maximum atomic E-state index is 10.5. The van der Waals surface area contributed by atoms with Crippen LogP contribution in [0.15, 0.2) is 54.6 Å². The van der Waals surface area contributed by atoms with Gasteiger partial charge in [-0.2, -0.15) is 0 Å². The lowest BCUT2D eigenvalue weighted by Crippen LogP contribution is -2.50. The Morgan fingerprint density at radius 2 is 1.08 bits per heavy atom. The fraction of sp³-hybridized carbons (Fsp3) is 0.600. The van der Waals surface area contributed by atoms with Gasteiger partial charge in [-0.15, -0.1) is 0 Å². The zero-order valence-corrected chi connectivity index (χ0v) is 24.1. The highest BCUT2D eigenvalue weighted by molar-refractivity contribution is 7.80. The first-order valence-electron chi connectivity index (χ1n) is 13.8. The van der Waals surface area contributed by atoms with Crippen molar-refractivity contribution in [3.63, 3.8) is 0 Å². The highest BCUT2D eigenvalue weighted by Crippen LogP contribution is 2.24. The smallest absolute Gasteiger partial charge is 0.218 e. The number of quaternary nitrogens is 1. The van der Waals surface area contributed by atoms with E-state index >= 15 is 0 Å². The molecule has 1 unspecified atom stereocenters. The highest BCUT2D eigenvalue weighted by atomic mass is 32.3. The quantitative estimate of drug-likeness (QED) is 0.128. The zero-order chi connectivity index (χ0) is 26.9. The average Bonchev–Trinajstić information content (AvgIpc) is 2.88. The fourth-order valence-corrected chi connectivity index (χ4v) is 4.92. The second-order valence-electron chi connectivity index (χ2n) is 9.79. The summed E-state index contributed by atoms with van der Waals surface area (Å²) in [4.78, 5) is 0. The van der Waals surface area contributed by atoms with Gasteiger partial charge in [-0.3, -0.25) is 4.18 Å². The van der Waals surface area contributed by atoms with E-state index in [9.17, 15) is 13.0 Å². The maximum absolute atomic E-state index is 10.5. The third kappa shape index (κ3) is 13.0. The van der Waals surface area contributed by atoms with Crippen molar-refractivity contribution < 1.29 is 21.6 Å². The van der Waals surface area contributed by atoms with Crippen molar-refractivity contribution in [3.05, 3.63) is 60.2 Å². The van der Waals surface area contributed by atoms with E-state index in [0.717, 1.165) is 11.1 Å². The molecule has 36 heavy (non-hydrogen) atoms. The molecule has 6 heteroatoms. The van der Waals surface area contributed by atoms with Gasteiger partial charge in [-0.1, -0.05) is 108 Å². The standard InChI is InChI=1S/C16H36N.C14H14O4S/c1-5-9-13-17(14-10-6-2,15-11-7-3)16-12-8-4;1-11(18-19(15,16)17)12-7-9-14(10-8-12)13-5-3-2-4-6-13/h5-16H2,1-4H3;2-11H,1H3,(H,15,16,17)/q+1;/p-1. The van der Waals surface area contributed by atoms with Gasteiger partial charge in [0.15, 0.2) is 0 Å². The van der Waals surface area contributed by atoms with E-state index in [0.29, 0.717) is 5.56 Å². The Kier molecular flexibility index (Phi) is 15.9. The summed E-state index contributed by atoms with van der Waals surface area (Å²) in [7, 11) is -4.68. The van der Waals surface area contributed by atoms with Crippen LogP contribution in [0, 0.1) is 0 Å². The molecule has 0 aliphatic heterocycles. The summed E-state index contributed by atoms with van der Waals surface area (Å²) in [5, 5.41) is 0. The van der Waals surface area contributed by atoms with E-state index in [2.05, 4.69) is 31.9 Å². The normalized spacial score (nSPS) is 12.6. The van der Waals surface area contributed by atoms with Gasteiger partial charge >= 0.3 is 0 Å². The van der Waals surface area contributed by atoms with Gasteiger partial charge in [0.1, 0.15) is 0 Å². The second kappa shape index (κ2) is 17.7. The Balaban J connectivity index is 0.000000363. The predicted molar refractivity (Wildman–Crippen MR) is 150 cm³/mol. The summed E-state index contributed by atoms with van der Waals surface area (Å²) >= 11 is 0. The number of hydrogen-bond acceptors (Lipinski definition) is 4. The molecule has 0 aliphatic carbocycles. The number of unbranched alkanes of at least 4 members (excludes halogenated alkanes) is 4. The zero-order valence-electron chi connectivity index (χ0n) is 23.2. The topological polar surface area (TPSA) is 66.4 Å². The molecule has 0 saturated heterocycles. The molecular formula is C30H49NO4S. The first kappa shape index (κ1) is 32.3. The lowest BCUT2D eigenvalue weighted by atomic mass is 10.0. The monoisotopic (exact) mass is 519 g/mol. The van der Waals surface area contributed by atoms with Gasteiger partial charge in [-0.05, 0) is 49.3 Å². The van der Waals surface area contributed by atoms with Crippen LogP contribution < -0.4 is 0 Å². The second-order valence-corrected chi connectivity index (χ2v) is 10.8. The number of hydrogen-bond donors (Lipinski definition) is 0. The van der Waals surface area contributed by atoms with Crippen molar-refractivity contribution in [2.45, 2.75) is 92.1 Å². The molecule has 0 fully saturated rings. The Morgan fingerprint density at radius 1 is 0.694 bits per heavy atom. The molecule has 0 aromatic heterocycles. The largest absolute Gasteiger partial charge is 0.726 e. The van der Waals surface area contributed by atoms with Crippen molar-refractivity contribution >= 4 is 10.4 Å². The van der Waals surface area contributed by atoms with Crippen molar-refractivity contribution in [3.8, 4) is 11.1 Å². The van der Waals surface area contributed by atoms with Crippen LogP contribution in [0.2, 0.25) is 0 Å². The summed E-state index contributed by atoms with van der Waals surface area (Å²) in [5.74, 6) is 0. The van der Waals surface area contributed by atoms with Gasteiger partial charge in [0.25, 0.3) is 0 Å². The molecule has 5 nitrogen and oxygen atoms in total. The minimum absolute atomic E-state index is 0.638. The van der Waals surface area contributed by atoms with Gasteiger partial charge in [0.05, 0.1) is 32.3 Å². The van der Waals surface area contributed by atoms with Crippen molar-refractivity contribution in [2.24, 2.45) is 0 Å². The number of rotatable bonds is 16. The van der Waals surface area contributed by atoms with Crippen LogP contribution >= 0.6 is 0 Å². The molecule has 0 aliphatic rings. The van der Waals surface area contributed by atoms with Crippen LogP contribution in [0.25, 0.3) is 11.1 Å². The minimum Gasteiger partial charge on any atom is -0.726 e. The molecule has 1 atom stereocenters. The van der Waals surface area contributed by atoms with Crippen molar-refractivity contribution in [1.82, 2.24) is 0 Å². The van der Waals surface area contributed by atoms with Gasteiger partial charge < -0.3 is 9.04 Å². The molecule has 0 spiro atoms. The molecule has 204 valence electrons. The van der Waals surface area contributed by atoms with E-state index in [4.69, 9.17) is 0 Å². The molecule has 2 rings (SSSR count). The summed E-state index contributed by atoms with van der Waals surface area (Å²) in [6.45, 7) is 16.5. The predicted octanol–water partition coefficient (Wildman–Crippen LogP) is 7.90. The molecule has 0 heterocycles. The lowest BCUT2D eigenvalue weighted by Gasteiger charge is -2.39. The summed E-state index contributed by atoms with van der Waals surface area (Å²) < 4.78 is 37.4. The van der Waals surface area contributed by atoms with Gasteiger partial charge in [0, 0.05) is 0 Å².